The van der Waals surface area contributed by atoms with Crippen molar-refractivity contribution in [2.24, 2.45) is 5.92 Å². The Morgan fingerprint density at radius 2 is 1.69 bits per heavy atom. The van der Waals surface area contributed by atoms with Gasteiger partial charge in [0.05, 0.1) is 0 Å². The van der Waals surface area contributed by atoms with Crippen molar-refractivity contribution in [2.75, 3.05) is 7.11 Å². The molecule has 0 aliphatic carbocycles. The van der Waals surface area contributed by atoms with Crippen molar-refractivity contribution in [3.05, 3.63) is 80.8 Å². The molecule has 42 heavy (non-hydrogen) atoms. The Hall–Kier alpha value is -4.38. The first-order valence-electron chi connectivity index (χ1n) is 14.5. The number of fused-ring (bicyclic) bond motifs is 1. The highest BCUT2D eigenvalue weighted by Crippen LogP contribution is 2.30. The van der Waals surface area contributed by atoms with Crippen molar-refractivity contribution in [2.45, 2.75) is 72.7 Å². The summed E-state index contributed by atoms with van der Waals surface area (Å²) in [5.41, 5.74) is 3.99. The van der Waals surface area contributed by atoms with E-state index in [1.807, 2.05) is 42.7 Å². The van der Waals surface area contributed by atoms with Crippen molar-refractivity contribution in [1.82, 2.24) is 39.3 Å². The molecule has 0 saturated carbocycles. The number of benzene rings is 2. The van der Waals surface area contributed by atoms with Crippen LogP contribution in [0.1, 0.15) is 64.6 Å². The molecule has 0 bridgehead atoms. The first-order valence-corrected chi connectivity index (χ1v) is 14.5. The molecule has 3 heterocycles. The number of nitrogens with one attached hydrogen (secondary N) is 1. The molecule has 2 aromatic carbocycles. The number of H-pyrrole nitrogens is 1. The van der Waals surface area contributed by atoms with E-state index in [2.05, 4.69) is 51.8 Å². The first-order chi connectivity index (χ1) is 20.3. The summed E-state index contributed by atoms with van der Waals surface area (Å²) in [6.45, 7) is 8.86. The first kappa shape index (κ1) is 29.1. The molecule has 0 spiro atoms. The number of hydrogen-bond acceptors (Lipinski definition) is 7. The minimum absolute atomic E-state index is 0.186. The number of ether oxygens (including phenoxy) is 1. The van der Waals surface area contributed by atoms with Gasteiger partial charge in [-0.2, -0.15) is 5.21 Å². The average molecular weight is 571 g/mol. The van der Waals surface area contributed by atoms with E-state index in [4.69, 9.17) is 9.72 Å². The highest BCUT2D eigenvalue weighted by atomic mass is 16.5. The third-order valence-electron chi connectivity index (χ3n) is 7.52. The molecule has 5 aromatic rings. The van der Waals surface area contributed by atoms with Crippen molar-refractivity contribution in [3.63, 3.8) is 0 Å². The Labute approximate surface area is 244 Å². The molecule has 220 valence electrons. The van der Waals surface area contributed by atoms with E-state index < -0.39 is 11.9 Å². The molecular formula is C31H38N8O3. The number of aromatic amines is 1. The SMILES string of the molecule is CCCCCc1nc2c(c(=O)n(C(C)OC)c(=O)n2CC(C)C)n1Cc1ccc(-c2ccccc2-c2nn[nH]n2)cc1. The third kappa shape index (κ3) is 5.69. The molecule has 5 rings (SSSR count). The van der Waals surface area contributed by atoms with Gasteiger partial charge < -0.3 is 9.30 Å². The summed E-state index contributed by atoms with van der Waals surface area (Å²) in [7, 11) is 1.50. The van der Waals surface area contributed by atoms with E-state index in [1.54, 1.807) is 11.5 Å². The maximum Gasteiger partial charge on any atom is 0.334 e. The van der Waals surface area contributed by atoms with E-state index in [9.17, 15) is 9.59 Å². The van der Waals surface area contributed by atoms with Crippen LogP contribution in [0.2, 0.25) is 0 Å². The molecule has 0 aliphatic rings. The number of aryl methyl sites for hydroxylation is 1. The van der Waals surface area contributed by atoms with Gasteiger partial charge in [-0.3, -0.25) is 9.36 Å². The van der Waals surface area contributed by atoms with Gasteiger partial charge in [0.25, 0.3) is 5.56 Å². The fraction of sp³-hybridized carbons (Fsp3) is 0.419. The van der Waals surface area contributed by atoms with Crippen LogP contribution >= 0.6 is 0 Å². The minimum atomic E-state index is -0.710. The Morgan fingerprint density at radius 3 is 2.33 bits per heavy atom. The number of nitrogens with zero attached hydrogens (tertiary/aromatic N) is 7. The maximum atomic E-state index is 13.9. The second kappa shape index (κ2) is 12.6. The van der Waals surface area contributed by atoms with Crippen LogP contribution in [0.15, 0.2) is 58.1 Å². The van der Waals surface area contributed by atoms with Crippen LogP contribution in [0.4, 0.5) is 0 Å². The fourth-order valence-corrected chi connectivity index (χ4v) is 5.33. The normalized spacial score (nSPS) is 12.4. The monoisotopic (exact) mass is 570 g/mol. The zero-order chi connectivity index (χ0) is 29.8. The molecule has 11 heteroatoms. The lowest BCUT2D eigenvalue weighted by Crippen LogP contribution is -2.43. The van der Waals surface area contributed by atoms with E-state index in [0.29, 0.717) is 36.5 Å². The largest absolute Gasteiger partial charge is 0.361 e. The molecule has 0 amide bonds. The average Bonchev–Trinajstić information content (AvgIpc) is 3.65. The quantitative estimate of drug-likeness (QED) is 0.213. The molecule has 11 nitrogen and oxygen atoms in total. The van der Waals surface area contributed by atoms with Gasteiger partial charge in [0, 0.05) is 32.2 Å². The molecule has 3 aromatic heterocycles. The zero-order valence-electron chi connectivity index (χ0n) is 24.9. The highest BCUT2D eigenvalue weighted by molar-refractivity contribution is 5.80. The number of aromatic nitrogens is 8. The smallest absolute Gasteiger partial charge is 0.334 e. The van der Waals surface area contributed by atoms with Gasteiger partial charge in [-0.25, -0.2) is 14.3 Å². The topological polar surface area (TPSA) is 126 Å². The molecule has 0 saturated heterocycles. The number of imidazole rings is 1. The summed E-state index contributed by atoms with van der Waals surface area (Å²) in [6, 6.07) is 16.2. The van der Waals surface area contributed by atoms with Crippen molar-refractivity contribution < 1.29 is 4.74 Å². The van der Waals surface area contributed by atoms with Crippen molar-refractivity contribution in [1.29, 1.82) is 0 Å². The predicted molar refractivity (Wildman–Crippen MR) is 162 cm³/mol. The maximum absolute atomic E-state index is 13.9. The van der Waals surface area contributed by atoms with Gasteiger partial charge in [-0.15, -0.1) is 10.2 Å². The number of rotatable bonds is 12. The van der Waals surface area contributed by atoms with Crippen LogP contribution in [0.5, 0.6) is 0 Å². The summed E-state index contributed by atoms with van der Waals surface area (Å²) in [5, 5.41) is 14.5. The Balaban J connectivity index is 1.61. The molecule has 1 unspecified atom stereocenters. The van der Waals surface area contributed by atoms with E-state index in [1.165, 1.54) is 11.7 Å². The Bertz CT molecular complexity index is 1770. The number of unbranched alkanes of at least 4 members (excludes halogenated alkanes) is 2. The summed E-state index contributed by atoms with van der Waals surface area (Å²) >= 11 is 0. The van der Waals surface area contributed by atoms with Crippen LogP contribution in [-0.4, -0.2) is 46.4 Å². The lowest BCUT2D eigenvalue weighted by Gasteiger charge is -2.17. The zero-order valence-corrected chi connectivity index (χ0v) is 24.9. The Morgan fingerprint density at radius 1 is 0.952 bits per heavy atom. The molecule has 0 radical (unpaired) electrons. The van der Waals surface area contributed by atoms with Crippen LogP contribution < -0.4 is 11.2 Å². The standard InChI is InChI=1S/C31H38N8O3/c1-6-7-8-13-26-32-29-27(30(40)39(21(4)42-5)31(41)38(29)18-20(2)3)37(26)19-22-14-16-23(17-15-22)24-11-9-10-12-25(24)28-33-35-36-34-28/h9-12,14-17,20-21H,6-8,13,18-19H2,1-5H3,(H,33,34,35,36). The van der Waals surface area contributed by atoms with Crippen LogP contribution in [0.25, 0.3) is 33.7 Å². The van der Waals surface area contributed by atoms with E-state index >= 15 is 0 Å². The van der Waals surface area contributed by atoms with Gasteiger partial charge in [0.1, 0.15) is 12.1 Å². The van der Waals surface area contributed by atoms with Crippen molar-refractivity contribution in [3.8, 4) is 22.5 Å². The third-order valence-corrected chi connectivity index (χ3v) is 7.52. The van der Waals surface area contributed by atoms with Gasteiger partial charge in [-0.1, -0.05) is 82.1 Å². The second-order valence-corrected chi connectivity index (χ2v) is 11.0. The molecule has 1 atom stereocenters. The number of hydrogen-bond donors (Lipinski definition) is 1. The molecule has 0 aliphatic heterocycles. The molecular weight excluding hydrogens is 532 g/mol. The fourth-order valence-electron chi connectivity index (χ4n) is 5.33. The summed E-state index contributed by atoms with van der Waals surface area (Å²) in [6.07, 6.45) is 3.08. The second-order valence-electron chi connectivity index (χ2n) is 11.0. The lowest BCUT2D eigenvalue weighted by molar-refractivity contribution is 0.0528. The highest BCUT2D eigenvalue weighted by Gasteiger charge is 2.24. The summed E-state index contributed by atoms with van der Waals surface area (Å²) in [4.78, 5) is 32.4. The van der Waals surface area contributed by atoms with Gasteiger partial charge in [0.2, 0.25) is 5.82 Å². The van der Waals surface area contributed by atoms with Gasteiger partial charge >= 0.3 is 5.69 Å². The predicted octanol–water partition coefficient (Wildman–Crippen LogP) is 4.81. The molecule has 0 fully saturated rings. The lowest BCUT2D eigenvalue weighted by atomic mass is 9.98. The van der Waals surface area contributed by atoms with E-state index in [-0.39, 0.29) is 11.5 Å². The van der Waals surface area contributed by atoms with Crippen molar-refractivity contribution >= 4 is 11.2 Å². The van der Waals surface area contributed by atoms with Gasteiger partial charge in [0.15, 0.2) is 11.2 Å². The minimum Gasteiger partial charge on any atom is -0.361 e. The van der Waals surface area contributed by atoms with Gasteiger partial charge in [-0.05, 0) is 41.2 Å². The number of tetrazole rings is 1. The van der Waals surface area contributed by atoms with Crippen LogP contribution in [-0.2, 0) is 24.2 Å². The van der Waals surface area contributed by atoms with E-state index in [0.717, 1.165) is 47.3 Å². The molecule has 1 N–H and O–H groups in total. The van der Waals surface area contributed by atoms with Crippen LogP contribution in [0, 0.1) is 5.92 Å². The summed E-state index contributed by atoms with van der Waals surface area (Å²) in [5.74, 6) is 1.53. The number of methoxy groups -OCH3 is 1. The van der Waals surface area contributed by atoms with Crippen LogP contribution in [0.3, 0.4) is 0 Å². The summed E-state index contributed by atoms with van der Waals surface area (Å²) < 4.78 is 10.3. The Kier molecular flexibility index (Phi) is 8.77.